The summed E-state index contributed by atoms with van der Waals surface area (Å²) in [6.45, 7) is 0.436. The number of carbonyl (C=O) groups excluding carboxylic acids is 1. The van der Waals surface area contributed by atoms with Crippen LogP contribution in [-0.2, 0) is 11.3 Å². The number of amides is 1. The van der Waals surface area contributed by atoms with Crippen LogP contribution in [-0.4, -0.2) is 15.7 Å². The molecule has 1 aromatic heterocycles. The summed E-state index contributed by atoms with van der Waals surface area (Å²) in [6.07, 6.45) is 1.92. The first-order valence-electron chi connectivity index (χ1n) is 7.46. The van der Waals surface area contributed by atoms with E-state index in [-0.39, 0.29) is 18.1 Å². The molecule has 1 heterocycles. The van der Waals surface area contributed by atoms with Crippen LogP contribution in [0.5, 0.6) is 11.5 Å². The van der Waals surface area contributed by atoms with Gasteiger partial charge < -0.3 is 10.5 Å². The lowest BCUT2D eigenvalue weighted by Gasteiger charge is -2.09. The molecule has 0 saturated carbocycles. The second-order valence-electron chi connectivity index (χ2n) is 5.24. The molecular weight excluding hydrogens is 309 g/mol. The van der Waals surface area contributed by atoms with Gasteiger partial charge in [-0.3, -0.25) is 9.48 Å². The van der Waals surface area contributed by atoms with Crippen molar-refractivity contribution in [3.63, 3.8) is 0 Å². The zero-order valence-corrected chi connectivity index (χ0v) is 12.9. The molecule has 0 fully saturated rings. The van der Waals surface area contributed by atoms with Gasteiger partial charge in [0.05, 0.1) is 12.2 Å². The summed E-state index contributed by atoms with van der Waals surface area (Å²) in [5.41, 5.74) is 7.02. The second kappa shape index (κ2) is 6.95. The third-order valence-electron chi connectivity index (χ3n) is 3.49. The van der Waals surface area contributed by atoms with E-state index in [4.69, 9.17) is 10.5 Å². The average molecular weight is 325 g/mol. The number of primary amides is 1. The molecule has 24 heavy (non-hydrogen) atoms. The van der Waals surface area contributed by atoms with Crippen molar-refractivity contribution in [2.75, 3.05) is 0 Å². The van der Waals surface area contributed by atoms with Gasteiger partial charge in [0.25, 0.3) is 0 Å². The number of nitrogens with zero attached hydrogens (tertiary/aromatic N) is 2. The molecule has 0 unspecified atom stereocenters. The molecule has 0 aliphatic heterocycles. The number of aryl methyl sites for hydroxylation is 1. The van der Waals surface area contributed by atoms with Gasteiger partial charge in [-0.1, -0.05) is 0 Å². The molecule has 0 bridgehead atoms. The Morgan fingerprint density at radius 2 is 1.67 bits per heavy atom. The van der Waals surface area contributed by atoms with Gasteiger partial charge in [0.1, 0.15) is 17.3 Å². The second-order valence-corrected chi connectivity index (χ2v) is 5.24. The van der Waals surface area contributed by atoms with Crippen molar-refractivity contribution in [2.45, 2.75) is 13.0 Å². The van der Waals surface area contributed by atoms with Crippen LogP contribution in [0.2, 0.25) is 0 Å². The zero-order valence-electron chi connectivity index (χ0n) is 12.9. The largest absolute Gasteiger partial charge is 0.457 e. The molecule has 0 radical (unpaired) electrons. The molecule has 3 aromatic rings. The number of benzene rings is 2. The van der Waals surface area contributed by atoms with Crippen molar-refractivity contribution in [1.29, 1.82) is 0 Å². The van der Waals surface area contributed by atoms with Gasteiger partial charge in [-0.15, -0.1) is 0 Å². The Balaban J connectivity index is 1.74. The maximum atomic E-state index is 12.9. The van der Waals surface area contributed by atoms with Crippen LogP contribution < -0.4 is 10.5 Å². The maximum absolute atomic E-state index is 12.9. The monoisotopic (exact) mass is 325 g/mol. The van der Waals surface area contributed by atoms with E-state index >= 15 is 0 Å². The van der Waals surface area contributed by atoms with E-state index in [0.717, 1.165) is 11.3 Å². The Morgan fingerprint density at radius 1 is 1.04 bits per heavy atom. The minimum atomic E-state index is -0.362. The van der Waals surface area contributed by atoms with Crippen molar-refractivity contribution < 1.29 is 13.9 Å². The predicted octanol–water partition coefficient (Wildman–Crippen LogP) is 3.36. The quantitative estimate of drug-likeness (QED) is 0.755. The minimum absolute atomic E-state index is 0.237. The highest BCUT2D eigenvalue weighted by Gasteiger charge is 2.07. The topological polar surface area (TPSA) is 70.1 Å². The van der Waals surface area contributed by atoms with Crippen LogP contribution in [0.25, 0.3) is 11.3 Å². The normalized spacial score (nSPS) is 10.5. The van der Waals surface area contributed by atoms with Gasteiger partial charge in [0.2, 0.25) is 5.91 Å². The summed E-state index contributed by atoms with van der Waals surface area (Å²) in [6, 6.07) is 15.2. The molecule has 0 spiro atoms. The fourth-order valence-electron chi connectivity index (χ4n) is 2.30. The standard InChI is InChI=1S/C18H16FN3O2/c19-14-3-7-16(8-4-14)24-15-5-1-13(2-6-15)17-9-11-21-22(17)12-10-18(20)23/h1-9,11H,10,12H2,(H2,20,23). The first kappa shape index (κ1) is 15.7. The van der Waals surface area contributed by atoms with E-state index < -0.39 is 0 Å². The molecule has 0 aliphatic carbocycles. The van der Waals surface area contributed by atoms with Gasteiger partial charge in [0.15, 0.2) is 0 Å². The molecule has 6 heteroatoms. The Bertz CT molecular complexity index is 826. The van der Waals surface area contributed by atoms with Crippen LogP contribution in [0, 0.1) is 5.82 Å². The number of aromatic nitrogens is 2. The van der Waals surface area contributed by atoms with E-state index in [1.807, 2.05) is 30.3 Å². The lowest BCUT2D eigenvalue weighted by atomic mass is 10.1. The van der Waals surface area contributed by atoms with Crippen molar-refractivity contribution in [3.05, 3.63) is 66.6 Å². The Kier molecular flexibility index (Phi) is 4.56. The Hall–Kier alpha value is -3.15. The predicted molar refractivity (Wildman–Crippen MR) is 87.9 cm³/mol. The molecular formula is C18H16FN3O2. The fourth-order valence-corrected chi connectivity index (χ4v) is 2.30. The lowest BCUT2D eigenvalue weighted by molar-refractivity contribution is -0.118. The number of ether oxygens (including phenoxy) is 1. The van der Waals surface area contributed by atoms with Gasteiger partial charge >= 0.3 is 0 Å². The molecule has 0 atom stereocenters. The number of halogens is 1. The number of rotatable bonds is 6. The van der Waals surface area contributed by atoms with E-state index in [2.05, 4.69) is 5.10 Å². The van der Waals surface area contributed by atoms with Crippen LogP contribution >= 0.6 is 0 Å². The van der Waals surface area contributed by atoms with Crippen molar-refractivity contribution >= 4 is 5.91 Å². The third kappa shape index (κ3) is 3.78. The molecule has 1 amide bonds. The molecule has 0 saturated heterocycles. The third-order valence-corrected chi connectivity index (χ3v) is 3.49. The van der Waals surface area contributed by atoms with Crippen LogP contribution in [0.3, 0.4) is 0 Å². The smallest absolute Gasteiger partial charge is 0.219 e. The van der Waals surface area contributed by atoms with Gasteiger partial charge in [-0.25, -0.2) is 4.39 Å². The Morgan fingerprint density at radius 3 is 2.29 bits per heavy atom. The van der Waals surface area contributed by atoms with Crippen LogP contribution in [0.4, 0.5) is 4.39 Å². The molecule has 3 rings (SSSR count). The molecule has 122 valence electrons. The summed E-state index contributed by atoms with van der Waals surface area (Å²) in [5.74, 6) is 0.547. The van der Waals surface area contributed by atoms with Gasteiger partial charge in [-0.2, -0.15) is 5.10 Å². The summed E-state index contributed by atoms with van der Waals surface area (Å²) in [4.78, 5) is 10.9. The van der Waals surface area contributed by atoms with Gasteiger partial charge in [-0.05, 0) is 54.6 Å². The summed E-state index contributed by atoms with van der Waals surface area (Å²) in [7, 11) is 0. The number of hydrogen-bond donors (Lipinski definition) is 1. The minimum Gasteiger partial charge on any atom is -0.457 e. The summed E-state index contributed by atoms with van der Waals surface area (Å²) < 4.78 is 20.3. The SMILES string of the molecule is NC(=O)CCn1nccc1-c1ccc(Oc2ccc(F)cc2)cc1. The lowest BCUT2D eigenvalue weighted by Crippen LogP contribution is -2.14. The summed E-state index contributed by atoms with van der Waals surface area (Å²) in [5, 5.41) is 4.21. The Labute approximate surface area is 138 Å². The van der Waals surface area contributed by atoms with E-state index in [9.17, 15) is 9.18 Å². The fraction of sp³-hybridized carbons (Fsp3) is 0.111. The molecule has 5 nitrogen and oxygen atoms in total. The van der Waals surface area contributed by atoms with Crippen LogP contribution in [0.1, 0.15) is 6.42 Å². The number of nitrogens with two attached hydrogens (primary N) is 1. The first-order valence-corrected chi connectivity index (χ1v) is 7.46. The number of carbonyl (C=O) groups is 1. The highest BCUT2D eigenvalue weighted by atomic mass is 19.1. The highest BCUT2D eigenvalue weighted by Crippen LogP contribution is 2.26. The van der Waals surface area contributed by atoms with E-state index in [1.54, 1.807) is 23.0 Å². The van der Waals surface area contributed by atoms with Crippen molar-refractivity contribution in [1.82, 2.24) is 9.78 Å². The van der Waals surface area contributed by atoms with E-state index in [0.29, 0.717) is 18.0 Å². The maximum Gasteiger partial charge on any atom is 0.219 e. The zero-order chi connectivity index (χ0) is 16.9. The first-order chi connectivity index (χ1) is 11.6. The number of hydrogen-bond acceptors (Lipinski definition) is 3. The molecule has 2 N–H and O–H groups in total. The van der Waals surface area contributed by atoms with Crippen LogP contribution in [0.15, 0.2) is 60.8 Å². The average Bonchev–Trinajstić information content (AvgIpc) is 3.04. The van der Waals surface area contributed by atoms with Crippen molar-refractivity contribution in [2.24, 2.45) is 5.73 Å². The highest BCUT2D eigenvalue weighted by molar-refractivity contribution is 5.73. The van der Waals surface area contributed by atoms with E-state index in [1.165, 1.54) is 12.1 Å². The van der Waals surface area contributed by atoms with Crippen molar-refractivity contribution in [3.8, 4) is 22.8 Å². The molecule has 2 aromatic carbocycles. The van der Waals surface area contributed by atoms with Gasteiger partial charge in [0, 0.05) is 18.2 Å². The summed E-state index contributed by atoms with van der Waals surface area (Å²) >= 11 is 0. The molecule has 0 aliphatic rings.